The van der Waals surface area contributed by atoms with E-state index in [1.54, 1.807) is 0 Å². The molecule has 5 rings (SSSR count). The zero-order valence-electron chi connectivity index (χ0n) is 15.5. The zero-order chi connectivity index (χ0) is 20.0. The van der Waals surface area contributed by atoms with E-state index in [4.69, 9.17) is 4.98 Å². The molecule has 1 aliphatic heterocycles. The number of nitrogens with one attached hydrogen (secondary N) is 2. The predicted octanol–water partition coefficient (Wildman–Crippen LogP) is 4.34. The van der Waals surface area contributed by atoms with Crippen LogP contribution in [0.2, 0.25) is 0 Å². The van der Waals surface area contributed by atoms with Crippen LogP contribution in [-0.2, 0) is 0 Å². The first-order chi connectivity index (χ1) is 14.0. The number of benzene rings is 2. The minimum absolute atomic E-state index is 0.0127. The van der Waals surface area contributed by atoms with Crippen molar-refractivity contribution in [1.82, 2.24) is 15.3 Å². The van der Waals surface area contributed by atoms with Crippen molar-refractivity contribution < 1.29 is 23.0 Å². The Morgan fingerprint density at radius 2 is 1.97 bits per heavy atom. The maximum absolute atomic E-state index is 13.2. The normalized spacial score (nSPS) is 22.6. The summed E-state index contributed by atoms with van der Waals surface area (Å²) in [7, 11) is 0. The summed E-state index contributed by atoms with van der Waals surface area (Å²) in [5, 5.41) is 3.02. The number of H-pyrrole nitrogens is 1. The third kappa shape index (κ3) is 3.50. The van der Waals surface area contributed by atoms with E-state index < -0.39 is 6.29 Å². The second-order valence-corrected chi connectivity index (χ2v) is 7.50. The molecule has 0 bridgehead atoms. The summed E-state index contributed by atoms with van der Waals surface area (Å²) in [6.07, 6.45) is -0.0782. The highest BCUT2D eigenvalue weighted by molar-refractivity contribution is 5.95. The van der Waals surface area contributed by atoms with Crippen LogP contribution in [0, 0.1) is 0 Å². The molecule has 29 heavy (non-hydrogen) atoms. The molecule has 150 valence electrons. The molecule has 8 heteroatoms. The van der Waals surface area contributed by atoms with Crippen molar-refractivity contribution in [2.45, 2.75) is 43.9 Å². The van der Waals surface area contributed by atoms with Crippen LogP contribution in [0.5, 0.6) is 11.5 Å². The van der Waals surface area contributed by atoms with E-state index in [9.17, 15) is 13.6 Å². The van der Waals surface area contributed by atoms with Crippen LogP contribution in [0.3, 0.4) is 0 Å². The molecule has 1 saturated carbocycles. The first-order valence-corrected chi connectivity index (χ1v) is 9.62. The number of aromatic amines is 1. The zero-order valence-corrected chi connectivity index (χ0v) is 15.5. The lowest BCUT2D eigenvalue weighted by Crippen LogP contribution is -2.38. The van der Waals surface area contributed by atoms with Gasteiger partial charge in [0.1, 0.15) is 5.82 Å². The highest BCUT2D eigenvalue weighted by Crippen LogP contribution is 2.41. The first-order valence-electron chi connectivity index (χ1n) is 9.62. The number of alkyl halides is 2. The molecular formula is C21H19F2N3O3. The Labute approximate surface area is 165 Å². The minimum atomic E-state index is -3.69. The Morgan fingerprint density at radius 1 is 1.14 bits per heavy atom. The van der Waals surface area contributed by atoms with E-state index in [-0.39, 0.29) is 34.9 Å². The van der Waals surface area contributed by atoms with Gasteiger partial charge in [-0.25, -0.2) is 4.98 Å². The van der Waals surface area contributed by atoms with E-state index in [0.29, 0.717) is 0 Å². The molecule has 6 nitrogen and oxygen atoms in total. The van der Waals surface area contributed by atoms with Crippen molar-refractivity contribution in [2.75, 3.05) is 0 Å². The van der Waals surface area contributed by atoms with E-state index in [1.165, 1.54) is 18.2 Å². The van der Waals surface area contributed by atoms with Gasteiger partial charge in [0.15, 0.2) is 11.5 Å². The summed E-state index contributed by atoms with van der Waals surface area (Å²) in [5.41, 5.74) is 2.20. The summed E-state index contributed by atoms with van der Waals surface area (Å²) in [4.78, 5) is 20.7. The molecule has 2 unspecified atom stereocenters. The molecule has 2 N–H and O–H groups in total. The van der Waals surface area contributed by atoms with Crippen LogP contribution in [-0.4, -0.2) is 28.2 Å². The Balaban J connectivity index is 1.28. The Morgan fingerprint density at radius 3 is 2.83 bits per heavy atom. The summed E-state index contributed by atoms with van der Waals surface area (Å²) in [5.74, 6) is 0.648. The van der Waals surface area contributed by atoms with Crippen LogP contribution in [0.25, 0.3) is 11.0 Å². The van der Waals surface area contributed by atoms with Gasteiger partial charge in [0.25, 0.3) is 5.91 Å². The molecule has 0 saturated heterocycles. The number of ether oxygens (including phenoxy) is 2. The highest BCUT2D eigenvalue weighted by atomic mass is 19.3. The largest absolute Gasteiger partial charge is 0.586 e. The van der Waals surface area contributed by atoms with Crippen LogP contribution < -0.4 is 14.8 Å². The summed E-state index contributed by atoms with van der Waals surface area (Å²) < 4.78 is 35.1. The average Bonchev–Trinajstić information content (AvgIpc) is 3.26. The summed E-state index contributed by atoms with van der Waals surface area (Å²) in [6.45, 7) is 0. The number of carbonyl (C=O) groups is 1. The van der Waals surface area contributed by atoms with Crippen molar-refractivity contribution in [2.24, 2.45) is 0 Å². The van der Waals surface area contributed by atoms with Crippen LogP contribution >= 0.6 is 0 Å². The molecular weight excluding hydrogens is 380 g/mol. The number of amides is 1. The molecule has 2 heterocycles. The van der Waals surface area contributed by atoms with E-state index in [2.05, 4.69) is 19.8 Å². The number of rotatable bonds is 3. The fourth-order valence-electron chi connectivity index (χ4n) is 4.09. The Bertz CT molecular complexity index is 1050. The van der Waals surface area contributed by atoms with Gasteiger partial charge >= 0.3 is 6.29 Å². The Hall–Kier alpha value is -3.16. The smallest absolute Gasteiger partial charge is 0.395 e. The maximum Gasteiger partial charge on any atom is 0.586 e. The molecule has 0 radical (unpaired) electrons. The molecule has 0 spiro atoms. The van der Waals surface area contributed by atoms with Gasteiger partial charge in [0, 0.05) is 17.5 Å². The van der Waals surface area contributed by atoms with Crippen molar-refractivity contribution in [3.8, 4) is 11.5 Å². The fraction of sp³-hybridized carbons (Fsp3) is 0.333. The highest BCUT2D eigenvalue weighted by Gasteiger charge is 2.43. The fourth-order valence-corrected chi connectivity index (χ4v) is 4.09. The monoisotopic (exact) mass is 399 g/mol. The molecule has 2 aromatic carbocycles. The predicted molar refractivity (Wildman–Crippen MR) is 101 cm³/mol. The van der Waals surface area contributed by atoms with Crippen LogP contribution in [0.15, 0.2) is 42.5 Å². The number of halogens is 2. The van der Waals surface area contributed by atoms with Crippen LogP contribution in [0.4, 0.5) is 8.78 Å². The van der Waals surface area contributed by atoms with Gasteiger partial charge in [-0.15, -0.1) is 8.78 Å². The summed E-state index contributed by atoms with van der Waals surface area (Å²) in [6, 6.07) is 11.9. The van der Waals surface area contributed by atoms with E-state index in [0.717, 1.165) is 42.5 Å². The molecule has 1 aromatic heterocycles. The Kier molecular flexibility index (Phi) is 4.15. The number of para-hydroxylation sites is 2. The maximum atomic E-state index is 13.2. The number of carbonyl (C=O) groups excluding carboxylic acids is 1. The first kappa shape index (κ1) is 17.9. The van der Waals surface area contributed by atoms with Gasteiger partial charge in [-0.05, 0) is 49.6 Å². The standard InChI is InChI=1S/C21H19F2N3O3/c22-21(23)28-17-9-8-13(11-18(17)29-21)20(27)24-14-5-3-4-12(10-14)19-25-15-6-1-2-7-16(15)26-19/h1-2,6-9,11-12,14H,3-5,10H2,(H,24,27)(H,25,26). The van der Waals surface area contributed by atoms with Gasteiger partial charge in [-0.3, -0.25) is 4.79 Å². The number of nitrogens with zero attached hydrogens (tertiary/aromatic N) is 1. The van der Waals surface area contributed by atoms with Gasteiger partial charge in [-0.2, -0.15) is 0 Å². The molecule has 1 amide bonds. The lowest BCUT2D eigenvalue weighted by atomic mass is 9.85. The molecule has 2 aliphatic rings. The number of fused-ring (bicyclic) bond motifs is 2. The number of imidazole rings is 1. The lowest BCUT2D eigenvalue weighted by molar-refractivity contribution is -0.286. The van der Waals surface area contributed by atoms with E-state index in [1.807, 2.05) is 24.3 Å². The molecule has 3 aromatic rings. The molecule has 1 aliphatic carbocycles. The van der Waals surface area contributed by atoms with E-state index >= 15 is 0 Å². The SMILES string of the molecule is O=C(NC1CCCC(c2nc3ccccc3[nH]2)C1)c1ccc2c(c1)OC(F)(F)O2. The second kappa shape index (κ2) is 6.72. The third-order valence-corrected chi connectivity index (χ3v) is 5.47. The van der Waals surface area contributed by atoms with Crippen molar-refractivity contribution in [1.29, 1.82) is 0 Å². The number of hydrogen-bond acceptors (Lipinski definition) is 4. The number of hydrogen-bond donors (Lipinski definition) is 2. The summed E-state index contributed by atoms with van der Waals surface area (Å²) >= 11 is 0. The average molecular weight is 399 g/mol. The quantitative estimate of drug-likeness (QED) is 0.687. The number of aromatic nitrogens is 2. The molecule has 1 fully saturated rings. The van der Waals surface area contributed by atoms with Gasteiger partial charge in [0.05, 0.1) is 11.0 Å². The third-order valence-electron chi connectivity index (χ3n) is 5.47. The van der Waals surface area contributed by atoms with Crippen LogP contribution in [0.1, 0.15) is 47.8 Å². The second-order valence-electron chi connectivity index (χ2n) is 7.50. The lowest BCUT2D eigenvalue weighted by Gasteiger charge is -2.28. The van der Waals surface area contributed by atoms with Gasteiger partial charge < -0.3 is 19.8 Å². The van der Waals surface area contributed by atoms with Crippen molar-refractivity contribution >= 4 is 16.9 Å². The van der Waals surface area contributed by atoms with Crippen molar-refractivity contribution in [3.05, 3.63) is 53.9 Å². The van der Waals surface area contributed by atoms with Crippen molar-refractivity contribution in [3.63, 3.8) is 0 Å². The molecule has 2 atom stereocenters. The minimum Gasteiger partial charge on any atom is -0.395 e. The topological polar surface area (TPSA) is 76.2 Å². The van der Waals surface area contributed by atoms with Gasteiger partial charge in [0.2, 0.25) is 0 Å². The van der Waals surface area contributed by atoms with Gasteiger partial charge in [-0.1, -0.05) is 18.6 Å².